The van der Waals surface area contributed by atoms with Crippen molar-refractivity contribution in [1.82, 2.24) is 10.3 Å². The van der Waals surface area contributed by atoms with Crippen molar-refractivity contribution >= 4 is 11.7 Å². The van der Waals surface area contributed by atoms with Gasteiger partial charge in [0.05, 0.1) is 5.56 Å². The van der Waals surface area contributed by atoms with Gasteiger partial charge >= 0.3 is 6.18 Å². The lowest BCUT2D eigenvalue weighted by atomic mass is 10.0. The number of hydrogen-bond donors (Lipinski definition) is 2. The number of nitrogens with one attached hydrogen (secondary N) is 2. The van der Waals surface area contributed by atoms with Crippen LogP contribution in [0, 0.1) is 6.92 Å². The summed E-state index contributed by atoms with van der Waals surface area (Å²) < 4.78 is 38.3. The number of H-pyrrole nitrogens is 1. The molecule has 0 radical (unpaired) electrons. The standard InChI is InChI=1S/C21H17F3N2O2/c1-13-5-2-3-8-17(13)19(27)15-10-18(25-12-15)20(28)26-11-14-6-4-7-16(9-14)21(22,23)24/h2-10,12,25H,11H2,1H3,(H,26,28). The highest BCUT2D eigenvalue weighted by molar-refractivity contribution is 6.11. The van der Waals surface area contributed by atoms with Gasteiger partial charge in [-0.2, -0.15) is 13.2 Å². The van der Waals surface area contributed by atoms with Crippen molar-refractivity contribution in [3.8, 4) is 0 Å². The Kier molecular flexibility index (Phi) is 5.35. The lowest BCUT2D eigenvalue weighted by molar-refractivity contribution is -0.137. The number of rotatable bonds is 5. The van der Waals surface area contributed by atoms with E-state index in [0.717, 1.165) is 17.7 Å². The molecule has 2 aromatic carbocycles. The van der Waals surface area contributed by atoms with Gasteiger partial charge in [-0.1, -0.05) is 36.4 Å². The maximum atomic E-state index is 12.8. The molecule has 3 rings (SSSR count). The fraction of sp³-hybridized carbons (Fsp3) is 0.143. The van der Waals surface area contributed by atoms with Crippen molar-refractivity contribution in [2.45, 2.75) is 19.6 Å². The smallest absolute Gasteiger partial charge is 0.356 e. The zero-order chi connectivity index (χ0) is 20.3. The van der Waals surface area contributed by atoms with Crippen LogP contribution in [0.25, 0.3) is 0 Å². The Labute approximate surface area is 159 Å². The number of ketones is 1. The number of aromatic nitrogens is 1. The Morgan fingerprint density at radius 2 is 1.79 bits per heavy atom. The first-order valence-electron chi connectivity index (χ1n) is 8.49. The molecule has 3 aromatic rings. The maximum absolute atomic E-state index is 12.8. The molecule has 2 N–H and O–H groups in total. The molecule has 1 aromatic heterocycles. The van der Waals surface area contributed by atoms with E-state index < -0.39 is 17.6 Å². The maximum Gasteiger partial charge on any atom is 0.416 e. The molecule has 0 atom stereocenters. The Hall–Kier alpha value is -3.35. The van der Waals surface area contributed by atoms with Gasteiger partial charge in [0.15, 0.2) is 5.78 Å². The fourth-order valence-corrected chi connectivity index (χ4v) is 2.77. The van der Waals surface area contributed by atoms with E-state index in [1.54, 1.807) is 12.1 Å². The highest BCUT2D eigenvalue weighted by atomic mass is 19.4. The van der Waals surface area contributed by atoms with Gasteiger partial charge in [-0.3, -0.25) is 9.59 Å². The number of hydrogen-bond acceptors (Lipinski definition) is 2. The predicted octanol–water partition coefficient (Wildman–Crippen LogP) is 4.50. The van der Waals surface area contributed by atoms with E-state index >= 15 is 0 Å². The van der Waals surface area contributed by atoms with Crippen molar-refractivity contribution in [3.63, 3.8) is 0 Å². The lowest BCUT2D eigenvalue weighted by Crippen LogP contribution is -2.23. The minimum absolute atomic E-state index is 0.0666. The number of halogens is 3. The monoisotopic (exact) mass is 386 g/mol. The molecule has 7 heteroatoms. The molecular formula is C21H17F3N2O2. The zero-order valence-electron chi connectivity index (χ0n) is 14.9. The molecule has 0 saturated heterocycles. The first-order chi connectivity index (χ1) is 13.3. The van der Waals surface area contributed by atoms with Gasteiger partial charge in [0.2, 0.25) is 0 Å². The van der Waals surface area contributed by atoms with Crippen LogP contribution in [0.1, 0.15) is 43.1 Å². The van der Waals surface area contributed by atoms with E-state index in [9.17, 15) is 22.8 Å². The second-order valence-corrected chi connectivity index (χ2v) is 6.33. The van der Waals surface area contributed by atoms with Crippen LogP contribution in [0.4, 0.5) is 13.2 Å². The second kappa shape index (κ2) is 7.72. The fourth-order valence-electron chi connectivity index (χ4n) is 2.77. The topological polar surface area (TPSA) is 62.0 Å². The van der Waals surface area contributed by atoms with Crippen molar-refractivity contribution in [2.75, 3.05) is 0 Å². The van der Waals surface area contributed by atoms with Gasteiger partial charge in [-0.05, 0) is 36.2 Å². The van der Waals surface area contributed by atoms with Crippen LogP contribution in [0.2, 0.25) is 0 Å². The molecule has 0 spiro atoms. The Morgan fingerprint density at radius 3 is 2.50 bits per heavy atom. The quantitative estimate of drug-likeness (QED) is 0.634. The van der Waals surface area contributed by atoms with Crippen LogP contribution in [0.3, 0.4) is 0 Å². The minimum atomic E-state index is -4.44. The molecule has 0 bridgehead atoms. The van der Waals surface area contributed by atoms with Crippen LogP contribution in [-0.2, 0) is 12.7 Å². The Morgan fingerprint density at radius 1 is 1.04 bits per heavy atom. The summed E-state index contributed by atoms with van der Waals surface area (Å²) in [5.74, 6) is -0.729. The van der Waals surface area contributed by atoms with Crippen LogP contribution in [-0.4, -0.2) is 16.7 Å². The zero-order valence-corrected chi connectivity index (χ0v) is 14.9. The third kappa shape index (κ3) is 4.31. The minimum Gasteiger partial charge on any atom is -0.356 e. The molecule has 0 aliphatic heterocycles. The second-order valence-electron chi connectivity index (χ2n) is 6.33. The molecule has 0 unspecified atom stereocenters. The number of carbonyl (C=O) groups excluding carboxylic acids is 2. The van der Waals surface area contributed by atoms with E-state index in [0.29, 0.717) is 16.7 Å². The number of alkyl halides is 3. The number of benzene rings is 2. The van der Waals surface area contributed by atoms with Gasteiger partial charge < -0.3 is 10.3 Å². The van der Waals surface area contributed by atoms with Gasteiger partial charge in [-0.25, -0.2) is 0 Å². The normalized spacial score (nSPS) is 11.3. The molecule has 0 fully saturated rings. The summed E-state index contributed by atoms with van der Waals surface area (Å²) in [7, 11) is 0. The third-order valence-corrected chi connectivity index (χ3v) is 4.29. The van der Waals surface area contributed by atoms with Gasteiger partial charge in [0.1, 0.15) is 5.69 Å². The highest BCUT2D eigenvalue weighted by Gasteiger charge is 2.30. The highest BCUT2D eigenvalue weighted by Crippen LogP contribution is 2.29. The SMILES string of the molecule is Cc1ccccc1C(=O)c1c[nH]c(C(=O)NCc2cccc(C(F)(F)F)c2)c1. The molecule has 28 heavy (non-hydrogen) atoms. The van der Waals surface area contributed by atoms with Crippen LogP contribution in [0.15, 0.2) is 60.8 Å². The first kappa shape index (κ1) is 19.4. The summed E-state index contributed by atoms with van der Waals surface area (Å²) in [6, 6.07) is 13.3. The van der Waals surface area contributed by atoms with Gasteiger partial charge in [-0.15, -0.1) is 0 Å². The Balaban J connectivity index is 1.68. The number of aromatic amines is 1. The molecule has 0 aliphatic carbocycles. The van der Waals surface area contributed by atoms with Crippen LogP contribution >= 0.6 is 0 Å². The summed E-state index contributed by atoms with van der Waals surface area (Å²) >= 11 is 0. The van der Waals surface area contributed by atoms with E-state index in [1.165, 1.54) is 24.4 Å². The number of amides is 1. The average molecular weight is 386 g/mol. The van der Waals surface area contributed by atoms with Gasteiger partial charge in [0.25, 0.3) is 5.91 Å². The van der Waals surface area contributed by atoms with E-state index in [-0.39, 0.29) is 18.0 Å². The summed E-state index contributed by atoms with van der Waals surface area (Å²) in [6.45, 7) is 1.76. The Bertz CT molecular complexity index is 1020. The van der Waals surface area contributed by atoms with Crippen molar-refractivity contribution in [1.29, 1.82) is 0 Å². The summed E-state index contributed by atoms with van der Waals surface area (Å²) in [5, 5.41) is 2.55. The molecule has 4 nitrogen and oxygen atoms in total. The molecular weight excluding hydrogens is 369 g/mol. The van der Waals surface area contributed by atoms with Crippen molar-refractivity contribution in [3.05, 3.63) is 94.3 Å². The van der Waals surface area contributed by atoms with Crippen molar-refractivity contribution < 1.29 is 22.8 Å². The van der Waals surface area contributed by atoms with Crippen LogP contribution in [0.5, 0.6) is 0 Å². The number of carbonyl (C=O) groups is 2. The first-order valence-corrected chi connectivity index (χ1v) is 8.49. The summed E-state index contributed by atoms with van der Waals surface area (Å²) in [4.78, 5) is 27.6. The number of aryl methyl sites for hydroxylation is 1. The molecule has 1 amide bonds. The lowest BCUT2D eigenvalue weighted by Gasteiger charge is -2.09. The van der Waals surface area contributed by atoms with Crippen molar-refractivity contribution in [2.24, 2.45) is 0 Å². The molecule has 1 heterocycles. The predicted molar refractivity (Wildman–Crippen MR) is 98.0 cm³/mol. The van der Waals surface area contributed by atoms with Crippen LogP contribution < -0.4 is 5.32 Å². The van der Waals surface area contributed by atoms with E-state index in [1.807, 2.05) is 19.1 Å². The molecule has 0 aliphatic rings. The molecule has 144 valence electrons. The van der Waals surface area contributed by atoms with Gasteiger partial charge in [0, 0.05) is 23.9 Å². The van der Waals surface area contributed by atoms with E-state index in [2.05, 4.69) is 10.3 Å². The summed E-state index contributed by atoms with van der Waals surface area (Å²) in [6.07, 6.45) is -3.00. The largest absolute Gasteiger partial charge is 0.416 e. The van der Waals surface area contributed by atoms with E-state index in [4.69, 9.17) is 0 Å². The summed E-state index contributed by atoms with van der Waals surface area (Å²) in [5.41, 5.74) is 1.40. The third-order valence-electron chi connectivity index (χ3n) is 4.29. The average Bonchev–Trinajstić information content (AvgIpc) is 3.16. The molecule has 0 saturated carbocycles.